The number of nitro benzene ring substituents is 1. The minimum atomic E-state index is -0.858. The average molecular weight is 294 g/mol. The van der Waals surface area contributed by atoms with Crippen molar-refractivity contribution in [3.05, 3.63) is 46.2 Å². The number of imidazole rings is 1. The Morgan fingerprint density at radius 1 is 1.57 bits per heavy atom. The Morgan fingerprint density at radius 2 is 2.29 bits per heavy atom. The number of nitrogen functional groups attached to an aromatic ring is 1. The molecule has 1 aromatic heterocycles. The van der Waals surface area contributed by atoms with Crippen LogP contribution in [-0.2, 0) is 4.74 Å². The predicted octanol–water partition coefficient (Wildman–Crippen LogP) is 1.68. The van der Waals surface area contributed by atoms with E-state index >= 15 is 0 Å². The number of halogens is 1. The van der Waals surface area contributed by atoms with E-state index in [1.54, 1.807) is 6.92 Å². The molecule has 110 valence electrons. The van der Waals surface area contributed by atoms with Crippen molar-refractivity contribution in [1.82, 2.24) is 9.55 Å². The normalized spacial score (nSPS) is 10.4. The van der Waals surface area contributed by atoms with Crippen molar-refractivity contribution < 1.29 is 18.8 Å². The molecule has 0 aliphatic rings. The van der Waals surface area contributed by atoms with Crippen molar-refractivity contribution in [2.45, 2.75) is 6.92 Å². The number of rotatable bonds is 4. The monoisotopic (exact) mass is 294 g/mol. The van der Waals surface area contributed by atoms with E-state index in [2.05, 4.69) is 4.98 Å². The van der Waals surface area contributed by atoms with Crippen LogP contribution in [0.2, 0.25) is 0 Å². The topological polar surface area (TPSA) is 113 Å². The van der Waals surface area contributed by atoms with Crippen molar-refractivity contribution in [3.63, 3.8) is 0 Å². The molecule has 0 radical (unpaired) electrons. The summed E-state index contributed by atoms with van der Waals surface area (Å²) >= 11 is 0. The van der Waals surface area contributed by atoms with Gasteiger partial charge in [-0.05, 0) is 13.0 Å². The van der Waals surface area contributed by atoms with Crippen LogP contribution < -0.4 is 5.73 Å². The lowest BCUT2D eigenvalue weighted by Gasteiger charge is -2.06. The van der Waals surface area contributed by atoms with E-state index in [9.17, 15) is 19.3 Å². The van der Waals surface area contributed by atoms with Gasteiger partial charge < -0.3 is 10.5 Å². The molecule has 21 heavy (non-hydrogen) atoms. The highest BCUT2D eigenvalue weighted by Crippen LogP contribution is 2.23. The molecule has 0 saturated carbocycles. The van der Waals surface area contributed by atoms with E-state index < -0.39 is 16.7 Å². The summed E-state index contributed by atoms with van der Waals surface area (Å²) in [5.74, 6) is -1.69. The first-order chi connectivity index (χ1) is 9.95. The summed E-state index contributed by atoms with van der Waals surface area (Å²) in [7, 11) is 0. The van der Waals surface area contributed by atoms with E-state index in [0.29, 0.717) is 0 Å². The Bertz CT molecular complexity index is 713. The smallest absolute Gasteiger partial charge is 0.360 e. The quantitative estimate of drug-likeness (QED) is 0.521. The Labute approximate surface area is 118 Å². The van der Waals surface area contributed by atoms with Crippen LogP contribution in [-0.4, -0.2) is 27.1 Å². The third kappa shape index (κ3) is 2.66. The number of carbonyl (C=O) groups is 1. The van der Waals surface area contributed by atoms with E-state index in [4.69, 9.17) is 10.5 Å². The number of nitrogens with two attached hydrogens (primary N) is 1. The molecule has 2 N–H and O–H groups in total. The second-order valence-corrected chi connectivity index (χ2v) is 3.96. The minimum absolute atomic E-state index is 0.0545. The molecule has 0 saturated heterocycles. The number of anilines is 1. The van der Waals surface area contributed by atoms with Crippen LogP contribution in [0, 0.1) is 15.9 Å². The maximum atomic E-state index is 13.9. The van der Waals surface area contributed by atoms with Gasteiger partial charge in [-0.1, -0.05) is 0 Å². The van der Waals surface area contributed by atoms with Crippen molar-refractivity contribution in [3.8, 4) is 5.69 Å². The summed E-state index contributed by atoms with van der Waals surface area (Å²) in [5.41, 5.74) is 5.15. The largest absolute Gasteiger partial charge is 0.461 e. The molecule has 0 unspecified atom stereocenters. The number of hydrogen-bond acceptors (Lipinski definition) is 6. The molecule has 0 aliphatic carbocycles. The van der Waals surface area contributed by atoms with Gasteiger partial charge in [0, 0.05) is 6.07 Å². The van der Waals surface area contributed by atoms with Crippen LogP contribution in [0.1, 0.15) is 17.4 Å². The highest BCUT2D eigenvalue weighted by Gasteiger charge is 2.20. The molecule has 0 atom stereocenters. The van der Waals surface area contributed by atoms with Gasteiger partial charge in [0.05, 0.1) is 23.3 Å². The van der Waals surface area contributed by atoms with Crippen molar-refractivity contribution in [2.75, 3.05) is 12.3 Å². The van der Waals surface area contributed by atoms with E-state index in [1.807, 2.05) is 0 Å². The molecule has 0 spiro atoms. The van der Waals surface area contributed by atoms with Crippen LogP contribution in [0.25, 0.3) is 5.69 Å². The summed E-state index contributed by atoms with van der Waals surface area (Å²) in [5, 5.41) is 10.6. The van der Waals surface area contributed by atoms with Gasteiger partial charge >= 0.3 is 5.97 Å². The highest BCUT2D eigenvalue weighted by molar-refractivity contribution is 5.92. The second kappa shape index (κ2) is 5.57. The Kier molecular flexibility index (Phi) is 3.83. The zero-order valence-electron chi connectivity index (χ0n) is 10.9. The van der Waals surface area contributed by atoms with Crippen LogP contribution in [0.3, 0.4) is 0 Å². The van der Waals surface area contributed by atoms with Gasteiger partial charge in [-0.15, -0.1) is 0 Å². The molecule has 8 nitrogen and oxygen atoms in total. The first-order valence-corrected chi connectivity index (χ1v) is 5.90. The second-order valence-electron chi connectivity index (χ2n) is 3.96. The number of hydrogen-bond donors (Lipinski definition) is 1. The third-order valence-electron chi connectivity index (χ3n) is 2.67. The molecular weight excluding hydrogens is 283 g/mol. The number of benzene rings is 1. The van der Waals surface area contributed by atoms with Gasteiger partial charge in [0.1, 0.15) is 12.1 Å². The Morgan fingerprint density at radius 3 is 2.86 bits per heavy atom. The highest BCUT2D eigenvalue weighted by atomic mass is 19.1. The summed E-state index contributed by atoms with van der Waals surface area (Å²) in [6, 6.07) is 3.07. The number of ether oxygens (including phenoxy) is 1. The van der Waals surface area contributed by atoms with Gasteiger partial charge in [0.2, 0.25) is 0 Å². The summed E-state index contributed by atoms with van der Waals surface area (Å²) in [6.45, 7) is 1.78. The van der Waals surface area contributed by atoms with Gasteiger partial charge in [0.15, 0.2) is 11.5 Å². The summed E-state index contributed by atoms with van der Waals surface area (Å²) < 4.78 is 19.8. The number of non-ortho nitro benzene ring substituents is 1. The molecule has 0 amide bonds. The van der Waals surface area contributed by atoms with Crippen molar-refractivity contribution in [2.24, 2.45) is 0 Å². The number of esters is 1. The molecule has 2 rings (SSSR count). The van der Waals surface area contributed by atoms with Crippen molar-refractivity contribution >= 4 is 17.5 Å². The first kappa shape index (κ1) is 14.4. The molecule has 2 aromatic rings. The van der Waals surface area contributed by atoms with Gasteiger partial charge in [-0.2, -0.15) is 0 Å². The minimum Gasteiger partial charge on any atom is -0.461 e. The number of nitro groups is 1. The van der Waals surface area contributed by atoms with Crippen LogP contribution >= 0.6 is 0 Å². The summed E-state index contributed by atoms with van der Waals surface area (Å²) in [6.07, 6.45) is 1.14. The molecule has 1 heterocycles. The van der Waals surface area contributed by atoms with Gasteiger partial charge in [-0.3, -0.25) is 14.7 Å². The number of aromatic nitrogens is 2. The average Bonchev–Trinajstić information content (AvgIpc) is 2.80. The zero-order chi connectivity index (χ0) is 15.6. The van der Waals surface area contributed by atoms with E-state index in [0.717, 1.165) is 23.0 Å². The predicted molar refractivity (Wildman–Crippen MR) is 70.5 cm³/mol. The lowest BCUT2D eigenvalue weighted by molar-refractivity contribution is -0.385. The Balaban J connectivity index is 2.44. The van der Waals surface area contributed by atoms with E-state index in [-0.39, 0.29) is 29.5 Å². The SMILES string of the molecule is CCOC(=O)c1ncn(-c2ccc([N+](=O)[O-])cc2F)c1N. The molecule has 9 heteroatoms. The van der Waals surface area contributed by atoms with Crippen LogP contribution in [0.4, 0.5) is 15.9 Å². The molecular formula is C12H11FN4O4. The summed E-state index contributed by atoms with van der Waals surface area (Å²) in [4.78, 5) is 25.2. The van der Waals surface area contributed by atoms with E-state index in [1.165, 1.54) is 6.07 Å². The standard InChI is InChI=1S/C12H11FN4O4/c1-2-21-12(18)10-11(14)16(6-15-10)9-4-3-7(17(19)20)5-8(9)13/h3-6H,2,14H2,1H3. The number of carbonyl (C=O) groups excluding carboxylic acids is 1. The van der Waals surface area contributed by atoms with Crippen LogP contribution in [0.5, 0.6) is 0 Å². The first-order valence-electron chi connectivity index (χ1n) is 5.90. The lowest BCUT2D eigenvalue weighted by Crippen LogP contribution is -2.10. The molecule has 0 bridgehead atoms. The maximum absolute atomic E-state index is 13.9. The molecule has 1 aromatic carbocycles. The Hall–Kier alpha value is -2.97. The molecule has 0 aliphatic heterocycles. The molecule has 0 fully saturated rings. The van der Waals surface area contributed by atoms with Gasteiger partial charge in [0.25, 0.3) is 5.69 Å². The third-order valence-corrected chi connectivity index (χ3v) is 2.67. The number of nitrogens with zero attached hydrogens (tertiary/aromatic N) is 3. The fraction of sp³-hybridized carbons (Fsp3) is 0.167. The zero-order valence-corrected chi connectivity index (χ0v) is 10.9. The fourth-order valence-corrected chi connectivity index (χ4v) is 1.71. The van der Waals surface area contributed by atoms with Crippen LogP contribution in [0.15, 0.2) is 24.5 Å². The van der Waals surface area contributed by atoms with Crippen molar-refractivity contribution in [1.29, 1.82) is 0 Å². The van der Waals surface area contributed by atoms with Gasteiger partial charge in [-0.25, -0.2) is 14.2 Å². The fourth-order valence-electron chi connectivity index (χ4n) is 1.71. The maximum Gasteiger partial charge on any atom is 0.360 e. The lowest BCUT2D eigenvalue weighted by atomic mass is 10.2.